The van der Waals surface area contributed by atoms with Gasteiger partial charge in [0.05, 0.1) is 18.1 Å². The molecule has 3 aromatic heterocycles. The molecule has 1 atom stereocenters. The fourth-order valence-electron chi connectivity index (χ4n) is 2.96. The maximum Gasteiger partial charge on any atom is 0.163 e. The number of nitrogens with zero attached hydrogens (tertiary/aromatic N) is 7. The second kappa shape index (κ2) is 5.29. The minimum absolute atomic E-state index is 0.280. The summed E-state index contributed by atoms with van der Waals surface area (Å²) in [6.45, 7) is 5.05. The molecule has 1 aliphatic rings. The van der Waals surface area contributed by atoms with Crippen molar-refractivity contribution in [2.45, 2.75) is 45.2 Å². The van der Waals surface area contributed by atoms with E-state index in [1.807, 2.05) is 11.7 Å². The first-order chi connectivity index (χ1) is 11.1. The Balaban J connectivity index is 1.57. The highest BCUT2D eigenvalue weighted by molar-refractivity contribution is 5.86. The predicted molar refractivity (Wildman–Crippen MR) is 86.1 cm³/mol. The van der Waals surface area contributed by atoms with Gasteiger partial charge in [-0.1, -0.05) is 13.8 Å². The van der Waals surface area contributed by atoms with Gasteiger partial charge in [-0.15, -0.1) is 0 Å². The van der Waals surface area contributed by atoms with E-state index in [2.05, 4.69) is 44.3 Å². The molecule has 4 heterocycles. The molecule has 8 nitrogen and oxygen atoms in total. The van der Waals surface area contributed by atoms with Crippen LogP contribution in [0.5, 0.6) is 0 Å². The monoisotopic (exact) mass is 312 g/mol. The molecule has 4 rings (SSSR count). The molecule has 0 spiro atoms. The Morgan fingerprint density at radius 2 is 2.17 bits per heavy atom. The van der Waals surface area contributed by atoms with Gasteiger partial charge in [0.2, 0.25) is 0 Å². The van der Waals surface area contributed by atoms with E-state index in [4.69, 9.17) is 0 Å². The van der Waals surface area contributed by atoms with Gasteiger partial charge in [0.15, 0.2) is 11.5 Å². The van der Waals surface area contributed by atoms with Crippen molar-refractivity contribution >= 4 is 16.9 Å². The lowest BCUT2D eigenvalue weighted by Gasteiger charge is -2.24. The van der Waals surface area contributed by atoms with Crippen LogP contribution in [-0.2, 0) is 20.0 Å². The van der Waals surface area contributed by atoms with Crippen molar-refractivity contribution < 1.29 is 0 Å². The number of anilines is 1. The number of nitrogens with one attached hydrogen (secondary N) is 1. The normalized spacial score (nSPS) is 17.7. The lowest BCUT2D eigenvalue weighted by Crippen LogP contribution is -2.32. The molecule has 0 fully saturated rings. The summed E-state index contributed by atoms with van der Waals surface area (Å²) in [4.78, 5) is 13.3. The topological polar surface area (TPSA) is 86.3 Å². The Hall–Kier alpha value is -2.51. The molecule has 0 aromatic carbocycles. The predicted octanol–water partition coefficient (Wildman–Crippen LogP) is 1.51. The molecule has 0 saturated heterocycles. The summed E-state index contributed by atoms with van der Waals surface area (Å²) in [7, 11) is 1.88. The van der Waals surface area contributed by atoms with Gasteiger partial charge in [-0.05, 0) is 6.42 Å². The average Bonchev–Trinajstić information content (AvgIpc) is 3.12. The van der Waals surface area contributed by atoms with Crippen molar-refractivity contribution in [2.24, 2.45) is 7.05 Å². The van der Waals surface area contributed by atoms with E-state index in [-0.39, 0.29) is 6.04 Å². The van der Waals surface area contributed by atoms with E-state index < -0.39 is 0 Å². The molecule has 23 heavy (non-hydrogen) atoms. The first kappa shape index (κ1) is 14.1. The highest BCUT2D eigenvalue weighted by Crippen LogP contribution is 2.22. The Bertz CT molecular complexity index is 846. The minimum Gasteiger partial charge on any atom is -0.365 e. The summed E-state index contributed by atoms with van der Waals surface area (Å²) in [5, 5.41) is 13.3. The van der Waals surface area contributed by atoms with Gasteiger partial charge in [-0.3, -0.25) is 4.68 Å². The first-order valence-electron chi connectivity index (χ1n) is 7.94. The molecule has 0 unspecified atom stereocenters. The summed E-state index contributed by atoms with van der Waals surface area (Å²) < 4.78 is 3.78. The van der Waals surface area contributed by atoms with Crippen LogP contribution in [0.4, 0.5) is 5.82 Å². The summed E-state index contributed by atoms with van der Waals surface area (Å²) in [6, 6.07) is 0.280. The Labute approximate surface area is 134 Å². The quantitative estimate of drug-likeness (QED) is 0.789. The maximum atomic E-state index is 4.63. The summed E-state index contributed by atoms with van der Waals surface area (Å²) >= 11 is 0. The van der Waals surface area contributed by atoms with Gasteiger partial charge in [0, 0.05) is 25.4 Å². The van der Waals surface area contributed by atoms with Crippen LogP contribution in [0, 0.1) is 0 Å². The lowest BCUT2D eigenvalue weighted by molar-refractivity contribution is 0.439. The zero-order chi connectivity index (χ0) is 16.0. The lowest BCUT2D eigenvalue weighted by atomic mass is 10.1. The molecule has 1 N–H and O–H groups in total. The molecule has 3 aromatic rings. The third-order valence-corrected chi connectivity index (χ3v) is 4.26. The third kappa shape index (κ3) is 2.43. The second-order valence-electron chi connectivity index (χ2n) is 6.33. The smallest absolute Gasteiger partial charge is 0.163 e. The largest absolute Gasteiger partial charge is 0.365 e. The minimum atomic E-state index is 0.280. The van der Waals surface area contributed by atoms with Crippen LogP contribution in [-0.4, -0.2) is 40.6 Å². The summed E-state index contributed by atoms with van der Waals surface area (Å²) in [5.74, 6) is 3.20. The Morgan fingerprint density at radius 1 is 1.30 bits per heavy atom. The second-order valence-corrected chi connectivity index (χ2v) is 6.33. The molecule has 0 radical (unpaired) electrons. The van der Waals surface area contributed by atoms with E-state index in [1.54, 1.807) is 17.2 Å². The van der Waals surface area contributed by atoms with E-state index in [0.29, 0.717) is 5.92 Å². The van der Waals surface area contributed by atoms with Crippen LogP contribution >= 0.6 is 0 Å². The van der Waals surface area contributed by atoms with E-state index in [0.717, 1.165) is 47.9 Å². The van der Waals surface area contributed by atoms with Crippen LogP contribution in [0.3, 0.4) is 0 Å². The van der Waals surface area contributed by atoms with Crippen LogP contribution in [0.25, 0.3) is 11.0 Å². The average molecular weight is 312 g/mol. The number of aryl methyl sites for hydroxylation is 2. The van der Waals surface area contributed by atoms with Gasteiger partial charge in [-0.25, -0.2) is 19.6 Å². The highest BCUT2D eigenvalue weighted by Gasteiger charge is 2.23. The SMILES string of the molecule is CC(C)c1nc2n(n1)C[C@@H](Nc1ncnc3c1cnn3C)CC2. The molecular formula is C15H20N8. The van der Waals surface area contributed by atoms with Gasteiger partial charge in [-0.2, -0.15) is 10.2 Å². The number of rotatable bonds is 3. The third-order valence-electron chi connectivity index (χ3n) is 4.26. The zero-order valence-electron chi connectivity index (χ0n) is 13.6. The summed E-state index contributed by atoms with van der Waals surface area (Å²) in [6.07, 6.45) is 5.33. The van der Waals surface area contributed by atoms with Crippen LogP contribution in [0.1, 0.15) is 37.8 Å². The number of fused-ring (bicyclic) bond motifs is 2. The molecule has 120 valence electrons. The number of aromatic nitrogens is 7. The van der Waals surface area contributed by atoms with Gasteiger partial charge >= 0.3 is 0 Å². The van der Waals surface area contributed by atoms with E-state index in [1.165, 1.54) is 0 Å². The zero-order valence-corrected chi connectivity index (χ0v) is 13.6. The van der Waals surface area contributed by atoms with Crippen molar-refractivity contribution in [2.75, 3.05) is 5.32 Å². The molecule has 1 aliphatic heterocycles. The fourth-order valence-corrected chi connectivity index (χ4v) is 2.96. The van der Waals surface area contributed by atoms with Crippen molar-refractivity contribution in [3.05, 3.63) is 24.2 Å². The number of hydrogen-bond donors (Lipinski definition) is 1. The number of hydrogen-bond acceptors (Lipinski definition) is 6. The molecular weight excluding hydrogens is 292 g/mol. The Morgan fingerprint density at radius 3 is 3.00 bits per heavy atom. The Kier molecular flexibility index (Phi) is 3.24. The van der Waals surface area contributed by atoms with Gasteiger partial charge in [0.1, 0.15) is 18.0 Å². The van der Waals surface area contributed by atoms with Gasteiger partial charge < -0.3 is 5.32 Å². The van der Waals surface area contributed by atoms with E-state index in [9.17, 15) is 0 Å². The van der Waals surface area contributed by atoms with Crippen LogP contribution in [0.15, 0.2) is 12.5 Å². The molecule has 0 bridgehead atoms. The van der Waals surface area contributed by atoms with Crippen LogP contribution < -0.4 is 5.32 Å². The van der Waals surface area contributed by atoms with Crippen LogP contribution in [0.2, 0.25) is 0 Å². The highest BCUT2D eigenvalue weighted by atomic mass is 15.4. The molecule has 8 heteroatoms. The standard InChI is InChI=1S/C15H20N8/c1-9(2)13-20-12-5-4-10(7-23(12)21-13)19-14-11-6-18-22(3)15(11)17-8-16-14/h6,8-10H,4-5,7H2,1-3H3,(H,16,17,19)/t10-/m0/s1. The van der Waals surface area contributed by atoms with Gasteiger partial charge in [0.25, 0.3) is 0 Å². The molecule has 0 aliphatic carbocycles. The van der Waals surface area contributed by atoms with Crippen molar-refractivity contribution in [3.8, 4) is 0 Å². The summed E-state index contributed by atoms with van der Waals surface area (Å²) in [5.41, 5.74) is 0.835. The van der Waals surface area contributed by atoms with E-state index >= 15 is 0 Å². The first-order valence-corrected chi connectivity index (χ1v) is 7.94. The van der Waals surface area contributed by atoms with Crippen molar-refractivity contribution in [3.63, 3.8) is 0 Å². The van der Waals surface area contributed by atoms with Crippen molar-refractivity contribution in [1.29, 1.82) is 0 Å². The fraction of sp³-hybridized carbons (Fsp3) is 0.533. The molecule has 0 amide bonds. The molecule has 0 saturated carbocycles. The maximum absolute atomic E-state index is 4.63. The van der Waals surface area contributed by atoms with Crippen molar-refractivity contribution in [1.82, 2.24) is 34.5 Å².